The van der Waals surface area contributed by atoms with Crippen LogP contribution in [0.15, 0.2) is 0 Å². The molecule has 0 amide bonds. The van der Waals surface area contributed by atoms with Crippen molar-refractivity contribution in [2.75, 3.05) is 23.8 Å². The number of nitrogens with zero attached hydrogens (tertiary/aromatic N) is 3. The Bertz CT molecular complexity index is 467. The Morgan fingerprint density at radius 3 is 2.58 bits per heavy atom. The predicted octanol–water partition coefficient (Wildman–Crippen LogP) is 3.08. The van der Waals surface area contributed by atoms with Crippen molar-refractivity contribution in [3.63, 3.8) is 0 Å². The maximum atomic E-state index is 4.89. The molecule has 0 aromatic carbocycles. The van der Waals surface area contributed by atoms with E-state index in [2.05, 4.69) is 29.0 Å². The normalized spacial score (nSPS) is 23.5. The van der Waals surface area contributed by atoms with Crippen molar-refractivity contribution >= 4 is 11.6 Å². The minimum absolute atomic E-state index is 0.596. The minimum atomic E-state index is 0.596. The van der Waals surface area contributed by atoms with Gasteiger partial charge in [0.05, 0.1) is 0 Å². The molecule has 1 aromatic rings. The van der Waals surface area contributed by atoms with E-state index in [-0.39, 0.29) is 0 Å². The Kier molecular flexibility index (Phi) is 3.33. The molecule has 2 aliphatic rings. The molecule has 1 saturated carbocycles. The van der Waals surface area contributed by atoms with Crippen molar-refractivity contribution in [1.29, 1.82) is 0 Å². The molecule has 4 heteroatoms. The van der Waals surface area contributed by atoms with E-state index in [9.17, 15) is 0 Å². The van der Waals surface area contributed by atoms with Gasteiger partial charge in [0, 0.05) is 31.1 Å². The number of anilines is 2. The van der Waals surface area contributed by atoms with Crippen molar-refractivity contribution in [2.45, 2.75) is 57.9 Å². The number of nitrogens with one attached hydrogen (secondary N) is 1. The summed E-state index contributed by atoms with van der Waals surface area (Å²) in [5, 5.41) is 3.23. The van der Waals surface area contributed by atoms with Gasteiger partial charge in [0.25, 0.3) is 0 Å². The lowest BCUT2D eigenvalue weighted by Gasteiger charge is -2.35. The van der Waals surface area contributed by atoms with Gasteiger partial charge < -0.3 is 10.2 Å². The number of rotatable bonds is 3. The van der Waals surface area contributed by atoms with Crippen molar-refractivity contribution in [1.82, 2.24) is 9.97 Å². The van der Waals surface area contributed by atoms with E-state index < -0.39 is 0 Å². The smallest absolute Gasteiger partial charge is 0.137 e. The molecule has 1 aliphatic heterocycles. The molecular weight excluding hydrogens is 236 g/mol. The highest BCUT2D eigenvalue weighted by Gasteiger charge is 2.30. The van der Waals surface area contributed by atoms with Gasteiger partial charge in [-0.15, -0.1) is 0 Å². The topological polar surface area (TPSA) is 41.1 Å². The first-order chi connectivity index (χ1) is 9.20. The fourth-order valence-electron chi connectivity index (χ4n) is 2.98. The second-order valence-electron chi connectivity index (χ2n) is 5.94. The standard InChI is InChI=1S/C15H24N4/c1-10-6-4-5-9-19(10)15-11(2)13(16-3)17-14(18-15)12-7-8-12/h10,12H,4-9H2,1-3H3,(H,16,17,18). The molecule has 1 saturated heterocycles. The quantitative estimate of drug-likeness (QED) is 0.906. The molecule has 0 bridgehead atoms. The first kappa shape index (κ1) is 12.7. The van der Waals surface area contributed by atoms with Gasteiger partial charge in [-0.25, -0.2) is 9.97 Å². The first-order valence-electron chi connectivity index (χ1n) is 7.53. The number of hydrogen-bond donors (Lipinski definition) is 1. The molecule has 1 atom stereocenters. The average molecular weight is 260 g/mol. The van der Waals surface area contributed by atoms with E-state index in [4.69, 9.17) is 4.98 Å². The van der Waals surface area contributed by atoms with Crippen LogP contribution in [-0.4, -0.2) is 29.6 Å². The summed E-state index contributed by atoms with van der Waals surface area (Å²) < 4.78 is 0. The lowest BCUT2D eigenvalue weighted by atomic mass is 10.0. The minimum Gasteiger partial charge on any atom is -0.373 e. The molecule has 19 heavy (non-hydrogen) atoms. The summed E-state index contributed by atoms with van der Waals surface area (Å²) in [6, 6.07) is 0.596. The third kappa shape index (κ3) is 2.40. The maximum Gasteiger partial charge on any atom is 0.137 e. The molecule has 0 spiro atoms. The van der Waals surface area contributed by atoms with E-state index in [0.717, 1.165) is 24.0 Å². The molecule has 104 valence electrons. The van der Waals surface area contributed by atoms with Crippen molar-refractivity contribution < 1.29 is 0 Å². The van der Waals surface area contributed by atoms with Gasteiger partial charge in [0.15, 0.2) is 0 Å². The monoisotopic (exact) mass is 260 g/mol. The molecular formula is C15H24N4. The lowest BCUT2D eigenvalue weighted by molar-refractivity contribution is 0.479. The van der Waals surface area contributed by atoms with Gasteiger partial charge in [-0.2, -0.15) is 0 Å². The van der Waals surface area contributed by atoms with Crippen molar-refractivity contribution in [3.8, 4) is 0 Å². The van der Waals surface area contributed by atoms with Gasteiger partial charge in [0.2, 0.25) is 0 Å². The maximum absolute atomic E-state index is 4.89. The summed E-state index contributed by atoms with van der Waals surface area (Å²) in [4.78, 5) is 12.1. The zero-order valence-electron chi connectivity index (χ0n) is 12.2. The van der Waals surface area contributed by atoms with Crippen molar-refractivity contribution in [2.24, 2.45) is 0 Å². The highest BCUT2D eigenvalue weighted by Crippen LogP contribution is 2.40. The van der Waals surface area contributed by atoms with Gasteiger partial charge in [0.1, 0.15) is 17.5 Å². The highest BCUT2D eigenvalue weighted by atomic mass is 15.2. The van der Waals surface area contributed by atoms with E-state index in [1.54, 1.807) is 0 Å². The van der Waals surface area contributed by atoms with Crippen LogP contribution in [0.1, 0.15) is 56.3 Å². The van der Waals surface area contributed by atoms with Gasteiger partial charge in [-0.1, -0.05) is 0 Å². The first-order valence-corrected chi connectivity index (χ1v) is 7.53. The molecule has 2 heterocycles. The molecule has 3 rings (SSSR count). The average Bonchev–Trinajstić information content (AvgIpc) is 3.24. The molecule has 4 nitrogen and oxygen atoms in total. The third-order valence-electron chi connectivity index (χ3n) is 4.39. The SMILES string of the molecule is CNc1nc(C2CC2)nc(N2CCCCC2C)c1C. The molecule has 2 fully saturated rings. The molecule has 1 unspecified atom stereocenters. The van der Waals surface area contributed by atoms with Gasteiger partial charge >= 0.3 is 0 Å². The third-order valence-corrected chi connectivity index (χ3v) is 4.39. The van der Waals surface area contributed by atoms with E-state index in [1.165, 1.54) is 37.7 Å². The van der Waals surface area contributed by atoms with E-state index in [0.29, 0.717) is 12.0 Å². The zero-order valence-corrected chi connectivity index (χ0v) is 12.2. The lowest BCUT2D eigenvalue weighted by Crippen LogP contribution is -2.38. The second-order valence-corrected chi connectivity index (χ2v) is 5.94. The van der Waals surface area contributed by atoms with E-state index >= 15 is 0 Å². The number of piperidine rings is 1. The number of aromatic nitrogens is 2. The van der Waals surface area contributed by atoms with Crippen LogP contribution in [0.25, 0.3) is 0 Å². The van der Waals surface area contributed by atoms with Crippen LogP contribution >= 0.6 is 0 Å². The van der Waals surface area contributed by atoms with Crippen molar-refractivity contribution in [3.05, 3.63) is 11.4 Å². The fraction of sp³-hybridized carbons (Fsp3) is 0.733. The Labute approximate surface area is 115 Å². The molecule has 1 aromatic heterocycles. The molecule has 1 aliphatic carbocycles. The summed E-state index contributed by atoms with van der Waals surface area (Å²) in [7, 11) is 1.95. The summed E-state index contributed by atoms with van der Waals surface area (Å²) in [6.07, 6.45) is 6.40. The Hall–Kier alpha value is -1.32. The highest BCUT2D eigenvalue weighted by molar-refractivity contribution is 5.59. The van der Waals surface area contributed by atoms with Crippen LogP contribution in [0.3, 0.4) is 0 Å². The van der Waals surface area contributed by atoms with Crippen LogP contribution in [-0.2, 0) is 0 Å². The van der Waals surface area contributed by atoms with Crippen LogP contribution in [0.4, 0.5) is 11.6 Å². The number of hydrogen-bond acceptors (Lipinski definition) is 4. The Morgan fingerprint density at radius 2 is 1.95 bits per heavy atom. The molecule has 0 radical (unpaired) electrons. The summed E-state index contributed by atoms with van der Waals surface area (Å²) in [5.41, 5.74) is 1.20. The van der Waals surface area contributed by atoms with Crippen LogP contribution in [0.2, 0.25) is 0 Å². The predicted molar refractivity (Wildman–Crippen MR) is 78.9 cm³/mol. The Morgan fingerprint density at radius 1 is 1.16 bits per heavy atom. The van der Waals surface area contributed by atoms with Crippen LogP contribution in [0, 0.1) is 6.92 Å². The Balaban J connectivity index is 2.00. The van der Waals surface area contributed by atoms with E-state index in [1.807, 2.05) is 7.05 Å². The zero-order chi connectivity index (χ0) is 13.4. The fourth-order valence-corrected chi connectivity index (χ4v) is 2.98. The van der Waals surface area contributed by atoms with Gasteiger partial charge in [-0.05, 0) is 46.0 Å². The molecule has 1 N–H and O–H groups in total. The summed E-state index contributed by atoms with van der Waals surface area (Å²) in [5.74, 6) is 3.81. The second kappa shape index (κ2) is 4.99. The summed E-state index contributed by atoms with van der Waals surface area (Å²) >= 11 is 0. The van der Waals surface area contributed by atoms with Crippen LogP contribution < -0.4 is 10.2 Å². The largest absolute Gasteiger partial charge is 0.373 e. The van der Waals surface area contributed by atoms with Gasteiger partial charge in [-0.3, -0.25) is 0 Å². The summed E-state index contributed by atoms with van der Waals surface area (Å²) in [6.45, 7) is 5.59. The van der Waals surface area contributed by atoms with Crippen LogP contribution in [0.5, 0.6) is 0 Å².